The molecule has 0 aliphatic carbocycles. The van der Waals surface area contributed by atoms with Crippen molar-refractivity contribution in [1.82, 2.24) is 0 Å². The van der Waals surface area contributed by atoms with Crippen LogP contribution in [0, 0.1) is 0 Å². The molecule has 1 aromatic carbocycles. The average Bonchev–Trinajstić information content (AvgIpc) is 2.56. The van der Waals surface area contributed by atoms with E-state index in [0.717, 1.165) is 0 Å². The Balaban J connectivity index is 2.76. The van der Waals surface area contributed by atoms with E-state index in [1.807, 2.05) is 0 Å². The molecule has 0 aliphatic rings. The van der Waals surface area contributed by atoms with E-state index in [0.29, 0.717) is 5.92 Å². The van der Waals surface area contributed by atoms with Crippen molar-refractivity contribution in [3.05, 3.63) is 35.4 Å². The van der Waals surface area contributed by atoms with Crippen molar-refractivity contribution in [2.24, 2.45) is 0 Å². The van der Waals surface area contributed by atoms with Crippen molar-refractivity contribution in [3.63, 3.8) is 0 Å². The molecule has 0 aromatic heterocycles. The molecule has 1 rings (SSSR count). The summed E-state index contributed by atoms with van der Waals surface area (Å²) < 4.78 is 0. The van der Waals surface area contributed by atoms with Crippen LogP contribution in [-0.2, 0) is 4.87 Å². The largest absolute Gasteiger partial charge is 0.115 e. The molecule has 0 nitrogen and oxygen atoms in total. The fourth-order valence-electron chi connectivity index (χ4n) is 3.66. The maximum absolute atomic E-state index is 6.69. The monoisotopic (exact) mass is 350 g/mol. The van der Waals surface area contributed by atoms with Gasteiger partial charge in [-0.1, -0.05) is 95.9 Å². The first-order valence-electron chi connectivity index (χ1n) is 10.3. The second-order valence-electron chi connectivity index (χ2n) is 7.81. The van der Waals surface area contributed by atoms with Crippen LogP contribution in [0.2, 0.25) is 0 Å². The van der Waals surface area contributed by atoms with Gasteiger partial charge < -0.3 is 0 Å². The highest BCUT2D eigenvalue weighted by Gasteiger charge is 2.23. The highest BCUT2D eigenvalue weighted by atomic mass is 35.5. The summed E-state index contributed by atoms with van der Waals surface area (Å²) in [7, 11) is 0. The van der Waals surface area contributed by atoms with Crippen molar-refractivity contribution >= 4 is 11.6 Å². The van der Waals surface area contributed by atoms with Crippen LogP contribution >= 0.6 is 11.6 Å². The molecular weight excluding hydrogens is 312 g/mol. The second kappa shape index (κ2) is 12.0. The Hall–Kier alpha value is -0.490. The fraction of sp³-hybridized carbons (Fsp3) is 0.739. The summed E-state index contributed by atoms with van der Waals surface area (Å²) in [5.74, 6) is 0.678. The fourth-order valence-corrected chi connectivity index (χ4v) is 3.83. The summed E-state index contributed by atoms with van der Waals surface area (Å²) in [6.45, 7) is 8.83. The molecule has 0 saturated carbocycles. The Morgan fingerprint density at radius 3 is 1.83 bits per heavy atom. The van der Waals surface area contributed by atoms with Crippen molar-refractivity contribution in [1.29, 1.82) is 0 Å². The first-order chi connectivity index (χ1) is 11.5. The lowest BCUT2D eigenvalue weighted by molar-refractivity contribution is 0.488. The summed E-state index contributed by atoms with van der Waals surface area (Å²) in [5, 5.41) is 0. The molecule has 0 saturated heterocycles. The lowest BCUT2D eigenvalue weighted by atomic mass is 9.82. The molecule has 0 heterocycles. The molecule has 1 heteroatoms. The molecule has 0 aliphatic heterocycles. The molecule has 1 atom stereocenters. The third-order valence-corrected chi connectivity index (χ3v) is 5.31. The normalized spacial score (nSPS) is 13.2. The van der Waals surface area contributed by atoms with Crippen LogP contribution in [0.1, 0.15) is 115 Å². The van der Waals surface area contributed by atoms with Gasteiger partial charge in [0.05, 0.1) is 4.87 Å². The van der Waals surface area contributed by atoms with Gasteiger partial charge in [-0.05, 0) is 43.7 Å². The zero-order chi connectivity index (χ0) is 17.8. The number of hydrogen-bond donors (Lipinski definition) is 0. The zero-order valence-electron chi connectivity index (χ0n) is 16.5. The molecule has 0 N–H and O–H groups in total. The van der Waals surface area contributed by atoms with Crippen LogP contribution in [-0.4, -0.2) is 0 Å². The van der Waals surface area contributed by atoms with Gasteiger partial charge in [0.1, 0.15) is 0 Å². The number of unbranched alkanes of at least 4 members (excludes halogenated alkanes) is 7. The van der Waals surface area contributed by atoms with E-state index < -0.39 is 0 Å². The van der Waals surface area contributed by atoms with Crippen LogP contribution in [0.25, 0.3) is 0 Å². The summed E-state index contributed by atoms with van der Waals surface area (Å²) in [4.78, 5) is -0.277. The molecule has 0 bridgehead atoms. The van der Waals surface area contributed by atoms with Crippen LogP contribution < -0.4 is 0 Å². The van der Waals surface area contributed by atoms with Gasteiger partial charge in [-0.3, -0.25) is 0 Å². The Morgan fingerprint density at radius 2 is 1.29 bits per heavy atom. The highest BCUT2D eigenvalue weighted by Crippen LogP contribution is 2.38. The summed E-state index contributed by atoms with van der Waals surface area (Å²) in [5.41, 5.74) is 2.84. The first kappa shape index (κ1) is 21.6. The molecule has 24 heavy (non-hydrogen) atoms. The van der Waals surface area contributed by atoms with E-state index in [1.54, 1.807) is 0 Å². The van der Waals surface area contributed by atoms with Crippen molar-refractivity contribution < 1.29 is 0 Å². The van der Waals surface area contributed by atoms with Crippen LogP contribution in [0.3, 0.4) is 0 Å². The zero-order valence-corrected chi connectivity index (χ0v) is 17.3. The van der Waals surface area contributed by atoms with Crippen molar-refractivity contribution in [2.75, 3.05) is 0 Å². The average molecular weight is 351 g/mol. The molecule has 1 unspecified atom stereocenters. The van der Waals surface area contributed by atoms with Gasteiger partial charge in [0.15, 0.2) is 0 Å². The molecule has 0 amide bonds. The van der Waals surface area contributed by atoms with Crippen molar-refractivity contribution in [2.45, 2.75) is 109 Å². The summed E-state index contributed by atoms with van der Waals surface area (Å²) >= 11 is 6.69. The van der Waals surface area contributed by atoms with E-state index in [4.69, 9.17) is 11.6 Å². The quantitative estimate of drug-likeness (QED) is 0.247. The third-order valence-electron chi connectivity index (χ3n) is 5.10. The van der Waals surface area contributed by atoms with Gasteiger partial charge in [-0.25, -0.2) is 0 Å². The lowest BCUT2D eigenvalue weighted by Gasteiger charge is -2.26. The Morgan fingerprint density at radius 1 is 0.792 bits per heavy atom. The summed E-state index contributed by atoms with van der Waals surface area (Å²) in [6, 6.07) is 8.89. The van der Waals surface area contributed by atoms with Gasteiger partial charge in [-0.2, -0.15) is 0 Å². The predicted molar refractivity (Wildman–Crippen MR) is 110 cm³/mol. The van der Waals surface area contributed by atoms with Crippen LogP contribution in [0.4, 0.5) is 0 Å². The van der Waals surface area contributed by atoms with Gasteiger partial charge in [0.2, 0.25) is 0 Å². The number of halogens is 1. The summed E-state index contributed by atoms with van der Waals surface area (Å²) in [6.07, 6.45) is 14.9. The number of benzene rings is 1. The Labute approximate surface area is 156 Å². The standard InChI is InChI=1S/C23H39Cl/c1-5-7-9-11-13-17-20(16-12-10-8-6-2)21-18-14-15-19-22(21)23(3,4)24/h14-15,18-20H,5-13,16-17H2,1-4H3. The molecular formula is C23H39Cl. The van der Waals surface area contributed by atoms with Gasteiger partial charge in [0, 0.05) is 0 Å². The molecule has 0 radical (unpaired) electrons. The predicted octanol–water partition coefficient (Wildman–Crippen LogP) is 8.58. The van der Waals surface area contributed by atoms with Crippen LogP contribution in [0.5, 0.6) is 0 Å². The van der Waals surface area contributed by atoms with E-state index in [2.05, 4.69) is 52.0 Å². The maximum Gasteiger partial charge on any atom is 0.0641 e. The molecule has 1 aromatic rings. The minimum atomic E-state index is -0.277. The van der Waals surface area contributed by atoms with E-state index >= 15 is 0 Å². The third kappa shape index (κ3) is 8.06. The number of hydrogen-bond acceptors (Lipinski definition) is 0. The first-order valence-corrected chi connectivity index (χ1v) is 10.7. The van der Waals surface area contributed by atoms with Crippen molar-refractivity contribution in [3.8, 4) is 0 Å². The molecule has 0 spiro atoms. The highest BCUT2D eigenvalue weighted by molar-refractivity contribution is 6.23. The Kier molecular flexibility index (Phi) is 10.7. The SMILES string of the molecule is CCCCCCCC(CCCCCC)c1ccccc1C(C)(C)Cl. The Bertz CT molecular complexity index is 430. The molecule has 0 fully saturated rings. The van der Waals surface area contributed by atoms with E-state index in [1.165, 1.54) is 81.8 Å². The van der Waals surface area contributed by atoms with E-state index in [9.17, 15) is 0 Å². The van der Waals surface area contributed by atoms with Crippen LogP contribution in [0.15, 0.2) is 24.3 Å². The van der Waals surface area contributed by atoms with Gasteiger partial charge in [0.25, 0.3) is 0 Å². The minimum absolute atomic E-state index is 0.277. The minimum Gasteiger partial charge on any atom is -0.115 e. The lowest BCUT2D eigenvalue weighted by Crippen LogP contribution is -2.14. The maximum atomic E-state index is 6.69. The smallest absolute Gasteiger partial charge is 0.0641 e. The number of alkyl halides is 1. The van der Waals surface area contributed by atoms with Gasteiger partial charge >= 0.3 is 0 Å². The topological polar surface area (TPSA) is 0 Å². The van der Waals surface area contributed by atoms with Gasteiger partial charge in [-0.15, -0.1) is 11.6 Å². The second-order valence-corrected chi connectivity index (χ2v) is 8.75. The number of rotatable bonds is 13. The van der Waals surface area contributed by atoms with E-state index in [-0.39, 0.29) is 4.87 Å². The molecule has 138 valence electrons.